The number of primary amides is 2. The SMILES string of the molecule is CC[C@H](C)[C@H](NC(=O)CNC(=O)[C@H](Cc1ccc(O)cc1)NC(=O)[C@@H](N)CC(=O)O)C(=O)N[C@@H](CO[C@@H]1O[C@H](CO)[C@H](O[C@H]2O[C@H](CO)[C@H](O)[C@H](O)[C@H]2O)[C@H](O)[C@H]1O)C(=O)N[C@@H](C)C(=O)N[C@H](C(=O)N[C@@H](CC(N)=O)C(=O)N[C@@H](CO)C(=O)N[C@@H](CCCN=C(N)N)C(N)=O)[C@@H](C)CC. The van der Waals surface area contributed by atoms with Crippen LogP contribution in [0.25, 0.3) is 0 Å². The molecule has 99 heavy (non-hydrogen) atoms. The maximum Gasteiger partial charge on any atom is 0.305 e. The number of amides is 11. The Morgan fingerprint density at radius 1 is 0.576 bits per heavy atom. The van der Waals surface area contributed by atoms with E-state index in [9.17, 15) is 109 Å². The Kier molecular flexibility index (Phi) is 35.1. The second-order valence-corrected chi connectivity index (χ2v) is 23.7. The van der Waals surface area contributed by atoms with E-state index in [4.69, 9.17) is 47.6 Å². The summed E-state index contributed by atoms with van der Waals surface area (Å²) in [5.41, 5.74) is 27.6. The summed E-state index contributed by atoms with van der Waals surface area (Å²) in [5.74, 6) is -15.7. The van der Waals surface area contributed by atoms with Crippen molar-refractivity contribution >= 4 is 76.9 Å². The zero-order chi connectivity index (χ0) is 74.7. The summed E-state index contributed by atoms with van der Waals surface area (Å²) in [6.07, 6.45) is -20.8. The van der Waals surface area contributed by atoms with E-state index in [1.54, 1.807) is 13.8 Å². The molecule has 0 bridgehead atoms. The Bertz CT molecular complexity index is 2930. The Labute approximate surface area is 566 Å². The number of rotatable bonds is 41. The molecule has 3 rings (SSSR count). The van der Waals surface area contributed by atoms with Gasteiger partial charge in [-0.15, -0.1) is 0 Å². The average molecular weight is 1420 g/mol. The molecule has 2 aliphatic heterocycles. The van der Waals surface area contributed by atoms with Gasteiger partial charge in [0.2, 0.25) is 65.0 Å². The number of aliphatic imine (C=N–C) groups is 1. The largest absolute Gasteiger partial charge is 0.508 e. The molecule has 0 radical (unpaired) electrons. The number of aliphatic carboxylic acids is 1. The number of nitrogens with two attached hydrogens (primary N) is 5. The van der Waals surface area contributed by atoms with Crippen molar-refractivity contribution in [2.75, 3.05) is 39.5 Å². The summed E-state index contributed by atoms with van der Waals surface area (Å²) in [5, 5.41) is 124. The summed E-state index contributed by atoms with van der Waals surface area (Å²) in [6.45, 7) is 2.41. The number of phenolic OH excluding ortho intramolecular Hbond substituents is 1. The maximum absolute atomic E-state index is 14.5. The molecule has 1 aromatic carbocycles. The molecule has 41 heteroatoms. The van der Waals surface area contributed by atoms with E-state index in [1.165, 1.54) is 38.1 Å². The lowest BCUT2D eigenvalue weighted by atomic mass is 9.97. The van der Waals surface area contributed by atoms with Gasteiger partial charge in [-0.1, -0.05) is 52.7 Å². The smallest absolute Gasteiger partial charge is 0.305 e. The van der Waals surface area contributed by atoms with Crippen LogP contribution in [0.5, 0.6) is 5.75 Å². The number of aromatic hydroxyl groups is 1. The number of hydrogen-bond donors (Lipinski definition) is 24. The zero-order valence-electron chi connectivity index (χ0n) is 55.0. The summed E-state index contributed by atoms with van der Waals surface area (Å²) in [6, 6.07) is -9.64. The van der Waals surface area contributed by atoms with Crippen LogP contribution in [0.15, 0.2) is 29.3 Å². The van der Waals surface area contributed by atoms with Gasteiger partial charge in [-0.2, -0.15) is 0 Å². The number of aliphatic hydroxyl groups excluding tert-OH is 8. The lowest BCUT2D eigenvalue weighted by Gasteiger charge is -2.46. The highest BCUT2D eigenvalue weighted by Crippen LogP contribution is 2.30. The Morgan fingerprint density at radius 2 is 1.10 bits per heavy atom. The summed E-state index contributed by atoms with van der Waals surface area (Å²) in [4.78, 5) is 164. The van der Waals surface area contributed by atoms with Gasteiger partial charge in [0, 0.05) is 13.0 Å². The van der Waals surface area contributed by atoms with E-state index in [2.05, 4.69) is 52.8 Å². The molecule has 2 fully saturated rings. The second-order valence-electron chi connectivity index (χ2n) is 23.7. The summed E-state index contributed by atoms with van der Waals surface area (Å²) < 4.78 is 22.4. The number of aliphatic hydroxyl groups is 8. The van der Waals surface area contributed by atoms with Crippen LogP contribution < -0.4 is 76.5 Å². The summed E-state index contributed by atoms with van der Waals surface area (Å²) >= 11 is 0. The quantitative estimate of drug-likeness (QED) is 0.0164. The lowest BCUT2D eigenvalue weighted by Crippen LogP contribution is -2.65. The number of carbonyl (C=O) groups is 12. The first-order valence-corrected chi connectivity index (χ1v) is 31.4. The molecule has 0 aliphatic carbocycles. The fourth-order valence-corrected chi connectivity index (χ4v) is 9.74. The molecule has 0 aromatic heterocycles. The molecule has 2 heterocycles. The Balaban J connectivity index is 1.95. The molecular formula is C58H95N15O26. The number of hydrogen-bond acceptors (Lipinski definition) is 27. The number of carboxylic acid groups (broad SMARTS) is 1. The van der Waals surface area contributed by atoms with Crippen molar-refractivity contribution in [3.8, 4) is 5.75 Å². The fourth-order valence-electron chi connectivity index (χ4n) is 9.74. The summed E-state index contributed by atoms with van der Waals surface area (Å²) in [7, 11) is 0. The fraction of sp³-hybridized carbons (Fsp3) is 0.672. The second kappa shape index (κ2) is 41.1. The average Bonchev–Trinajstić information content (AvgIpc) is 0.794. The van der Waals surface area contributed by atoms with Gasteiger partial charge < -0.3 is 147 Å². The van der Waals surface area contributed by atoms with Crippen LogP contribution in [-0.4, -0.2) is 283 Å². The van der Waals surface area contributed by atoms with Crippen LogP contribution >= 0.6 is 0 Å². The number of phenols is 1. The Morgan fingerprint density at radius 3 is 1.65 bits per heavy atom. The van der Waals surface area contributed by atoms with Gasteiger partial charge in [0.15, 0.2) is 18.5 Å². The molecule has 21 atom stereocenters. The van der Waals surface area contributed by atoms with Gasteiger partial charge in [-0.25, -0.2) is 0 Å². The maximum atomic E-state index is 14.5. The third kappa shape index (κ3) is 26.5. The van der Waals surface area contributed by atoms with Crippen molar-refractivity contribution < 1.29 is 128 Å². The highest BCUT2D eigenvalue weighted by atomic mass is 16.7. The molecule has 41 nitrogen and oxygen atoms in total. The van der Waals surface area contributed by atoms with Gasteiger partial charge in [-0.05, 0) is 49.3 Å². The van der Waals surface area contributed by atoms with Gasteiger partial charge in [0.1, 0.15) is 103 Å². The minimum Gasteiger partial charge on any atom is -0.508 e. The predicted molar refractivity (Wildman–Crippen MR) is 337 cm³/mol. The molecule has 0 saturated carbocycles. The molecule has 558 valence electrons. The topological polar surface area (TPSA) is 695 Å². The van der Waals surface area contributed by atoms with Gasteiger partial charge in [0.25, 0.3) is 0 Å². The van der Waals surface area contributed by atoms with Crippen molar-refractivity contribution in [2.45, 2.75) is 195 Å². The van der Waals surface area contributed by atoms with Crippen LogP contribution in [0.1, 0.15) is 78.7 Å². The molecule has 0 spiro atoms. The van der Waals surface area contributed by atoms with Crippen molar-refractivity contribution in [3.05, 3.63) is 29.8 Å². The van der Waals surface area contributed by atoms with E-state index in [0.29, 0.717) is 5.56 Å². The standard InChI is InChI=1S/C58H95N15O26/c1-6-23(3)39(72-37(79)18-65-50(90)30(15-26-10-12-27(77)13-11-26)68-49(89)28(59)16-38(80)81)54(94)71-33(22-96-56-45(86)43(84)46(35(21-76)98-56)99-57-44(85)42(83)41(82)34(20-75)97-57)53(93)66-25(5)48(88)73-40(24(4)7-2)55(95)69-31(17-36(60)78)51(91)70-32(19-74)52(92)67-29(47(61)87)9-8-14-64-58(62)63/h10-13,23-25,28-35,39-46,56-57,74-77,82-86H,6-9,14-22,59H2,1-5H3,(H2,60,78)(H2,61,87)(H,65,90)(H,66,93)(H,67,92)(H,68,89)(H,69,95)(H,70,91)(H,71,94)(H,72,79)(H,73,88)(H,80,81)(H4,62,63,64)/t23-,24-,25-,28-,29-,30-,31-,32-,33-,34+,35+,39-,40-,41-,42-,43+,44+,45+,46-,56+,57+/m0/s1. The molecule has 29 N–H and O–H groups in total. The number of nitrogens with one attached hydrogen (secondary N) is 9. The van der Waals surface area contributed by atoms with Crippen molar-refractivity contribution in [1.29, 1.82) is 0 Å². The first-order chi connectivity index (χ1) is 46.5. The number of benzene rings is 1. The van der Waals surface area contributed by atoms with Crippen molar-refractivity contribution in [1.82, 2.24) is 47.9 Å². The monoisotopic (exact) mass is 1420 g/mol. The van der Waals surface area contributed by atoms with E-state index < -0.39 is 244 Å². The third-order valence-electron chi connectivity index (χ3n) is 16.0. The number of carboxylic acids is 1. The molecule has 2 saturated heterocycles. The molecular weight excluding hydrogens is 1320 g/mol. The number of nitrogens with zero attached hydrogens (tertiary/aromatic N) is 1. The number of guanidine groups is 1. The van der Waals surface area contributed by atoms with Gasteiger partial charge >= 0.3 is 5.97 Å². The van der Waals surface area contributed by atoms with Crippen LogP contribution in [0.3, 0.4) is 0 Å². The van der Waals surface area contributed by atoms with Crippen molar-refractivity contribution in [3.63, 3.8) is 0 Å². The minimum absolute atomic E-state index is 0.0437. The van der Waals surface area contributed by atoms with Crippen molar-refractivity contribution in [2.24, 2.45) is 45.5 Å². The highest BCUT2D eigenvalue weighted by molar-refractivity contribution is 5.99. The number of ether oxygens (including phenoxy) is 4. The van der Waals surface area contributed by atoms with E-state index in [-0.39, 0.29) is 50.4 Å². The first kappa shape index (κ1) is 84.6. The zero-order valence-corrected chi connectivity index (χ0v) is 55.0. The third-order valence-corrected chi connectivity index (χ3v) is 16.0. The number of carbonyl (C=O) groups excluding carboxylic acids is 11. The van der Waals surface area contributed by atoms with E-state index >= 15 is 0 Å². The van der Waals surface area contributed by atoms with Gasteiger partial charge in [-0.3, -0.25) is 62.5 Å². The molecule has 0 unspecified atom stereocenters. The van der Waals surface area contributed by atoms with Gasteiger partial charge in [0.05, 0.1) is 51.9 Å². The molecule has 11 amide bonds. The molecule has 1 aromatic rings. The Hall–Kier alpha value is -8.59. The van der Waals surface area contributed by atoms with Crippen LogP contribution in [0.2, 0.25) is 0 Å². The van der Waals surface area contributed by atoms with Crippen LogP contribution in [0, 0.1) is 11.8 Å². The highest BCUT2D eigenvalue weighted by Gasteiger charge is 2.51. The lowest BCUT2D eigenvalue weighted by molar-refractivity contribution is -0.359. The normalized spacial score (nSPS) is 23.9. The van der Waals surface area contributed by atoms with Crippen LogP contribution in [-0.2, 0) is 82.9 Å². The predicted octanol–water partition coefficient (Wildman–Crippen LogP) is -12.1. The first-order valence-electron chi connectivity index (χ1n) is 31.4. The van der Waals surface area contributed by atoms with E-state index in [1.807, 2.05) is 0 Å². The minimum atomic E-state index is -2.20. The molecule has 2 aliphatic rings. The van der Waals surface area contributed by atoms with E-state index in [0.717, 1.165) is 6.92 Å². The van der Waals surface area contributed by atoms with Crippen LogP contribution in [0.4, 0.5) is 0 Å².